The number of hydrogen-bond donors (Lipinski definition) is 1. The molecule has 0 saturated heterocycles. The van der Waals surface area contributed by atoms with Crippen LogP contribution in [0.15, 0.2) is 10.8 Å². The summed E-state index contributed by atoms with van der Waals surface area (Å²) in [6.07, 6.45) is 2.33. The molecule has 12 heavy (non-hydrogen) atoms. The molecule has 4 nitrogen and oxygen atoms in total. The lowest BCUT2D eigenvalue weighted by molar-refractivity contribution is -0.136. The highest BCUT2D eigenvalue weighted by molar-refractivity contribution is 9.10. The Morgan fingerprint density at radius 2 is 2.50 bits per heavy atom. The first-order chi connectivity index (χ1) is 5.61. The molecule has 0 aliphatic heterocycles. The van der Waals surface area contributed by atoms with Gasteiger partial charge in [0, 0.05) is 19.0 Å². The molecule has 1 aromatic heterocycles. The summed E-state index contributed by atoms with van der Waals surface area (Å²) >= 11 is 3.31. The van der Waals surface area contributed by atoms with E-state index in [0.717, 1.165) is 10.2 Å². The lowest BCUT2D eigenvalue weighted by atomic mass is 10.2. The Morgan fingerprint density at radius 1 is 1.83 bits per heavy atom. The predicted molar refractivity (Wildman–Crippen MR) is 46.9 cm³/mol. The zero-order valence-electron chi connectivity index (χ0n) is 6.62. The molecular formula is C7H9BrN2O2. The molecule has 0 spiro atoms. The van der Waals surface area contributed by atoms with Gasteiger partial charge < -0.3 is 5.11 Å². The van der Waals surface area contributed by atoms with Gasteiger partial charge in [0.05, 0.1) is 6.20 Å². The first-order valence-corrected chi connectivity index (χ1v) is 4.28. The molecular weight excluding hydrogens is 224 g/mol. The van der Waals surface area contributed by atoms with Crippen LogP contribution in [0.2, 0.25) is 0 Å². The van der Waals surface area contributed by atoms with E-state index in [9.17, 15) is 4.79 Å². The molecule has 0 saturated carbocycles. The van der Waals surface area contributed by atoms with Crippen molar-refractivity contribution in [1.29, 1.82) is 0 Å². The first kappa shape index (κ1) is 9.25. The molecule has 66 valence electrons. The second-order valence-corrected chi connectivity index (χ2v) is 3.23. The Morgan fingerprint density at radius 3 is 2.92 bits per heavy atom. The minimum absolute atomic E-state index is 0.143. The lowest BCUT2D eigenvalue weighted by Crippen LogP contribution is -1.97. The van der Waals surface area contributed by atoms with Gasteiger partial charge in [-0.15, -0.1) is 0 Å². The summed E-state index contributed by atoms with van der Waals surface area (Å²) in [5, 5.41) is 12.4. The van der Waals surface area contributed by atoms with E-state index in [-0.39, 0.29) is 6.42 Å². The molecule has 0 radical (unpaired) electrons. The maximum Gasteiger partial charge on any atom is 0.303 e. The Hall–Kier alpha value is -0.840. The molecule has 0 fully saturated rings. The fraction of sp³-hybridized carbons (Fsp3) is 0.429. The number of halogens is 1. The van der Waals surface area contributed by atoms with Crippen molar-refractivity contribution in [3.63, 3.8) is 0 Å². The average Bonchev–Trinajstić information content (AvgIpc) is 2.30. The second kappa shape index (κ2) is 3.71. The molecule has 0 amide bonds. The highest BCUT2D eigenvalue weighted by atomic mass is 79.9. The molecule has 0 bridgehead atoms. The number of aryl methyl sites for hydroxylation is 2. The number of nitrogens with zero attached hydrogens (tertiary/aromatic N) is 2. The largest absolute Gasteiger partial charge is 0.481 e. The van der Waals surface area contributed by atoms with Crippen LogP contribution in [0, 0.1) is 0 Å². The SMILES string of the molecule is Cn1ncc(CCC(=O)O)c1Br. The third-order valence-corrected chi connectivity index (χ3v) is 2.57. The van der Waals surface area contributed by atoms with Crippen molar-refractivity contribution in [2.45, 2.75) is 12.8 Å². The summed E-state index contributed by atoms with van der Waals surface area (Å²) < 4.78 is 2.51. The topological polar surface area (TPSA) is 55.1 Å². The van der Waals surface area contributed by atoms with Crippen molar-refractivity contribution in [3.8, 4) is 0 Å². The maximum atomic E-state index is 10.2. The van der Waals surface area contributed by atoms with Gasteiger partial charge in [-0.3, -0.25) is 9.48 Å². The van der Waals surface area contributed by atoms with Gasteiger partial charge in [0.15, 0.2) is 0 Å². The van der Waals surface area contributed by atoms with Crippen molar-refractivity contribution in [1.82, 2.24) is 9.78 Å². The van der Waals surface area contributed by atoms with E-state index in [2.05, 4.69) is 21.0 Å². The second-order valence-electron chi connectivity index (χ2n) is 2.48. The van der Waals surface area contributed by atoms with Gasteiger partial charge >= 0.3 is 5.97 Å². The summed E-state index contributed by atoms with van der Waals surface area (Å²) in [5.41, 5.74) is 0.930. The average molecular weight is 233 g/mol. The molecule has 0 aliphatic rings. The van der Waals surface area contributed by atoms with Crippen LogP contribution in [-0.4, -0.2) is 20.9 Å². The summed E-state index contributed by atoms with van der Waals surface area (Å²) in [6.45, 7) is 0. The van der Waals surface area contributed by atoms with Gasteiger partial charge in [-0.25, -0.2) is 0 Å². The molecule has 0 aromatic carbocycles. The van der Waals surface area contributed by atoms with Gasteiger partial charge in [-0.05, 0) is 22.4 Å². The molecule has 5 heteroatoms. The minimum atomic E-state index is -0.786. The molecule has 1 aromatic rings. The summed E-state index contributed by atoms with van der Waals surface area (Å²) in [7, 11) is 1.80. The van der Waals surface area contributed by atoms with E-state index >= 15 is 0 Å². The number of carboxylic acid groups (broad SMARTS) is 1. The third-order valence-electron chi connectivity index (χ3n) is 1.54. The number of rotatable bonds is 3. The predicted octanol–water partition coefficient (Wildman–Crippen LogP) is 1.20. The van der Waals surface area contributed by atoms with Gasteiger partial charge in [-0.1, -0.05) is 0 Å². The summed E-state index contributed by atoms with van der Waals surface area (Å²) in [4.78, 5) is 10.2. The Bertz CT molecular complexity index is 296. The van der Waals surface area contributed by atoms with E-state index < -0.39 is 5.97 Å². The van der Waals surface area contributed by atoms with Crippen molar-refractivity contribution < 1.29 is 9.90 Å². The van der Waals surface area contributed by atoms with Crippen LogP contribution in [0.4, 0.5) is 0 Å². The van der Waals surface area contributed by atoms with Gasteiger partial charge in [0.1, 0.15) is 4.60 Å². The van der Waals surface area contributed by atoms with Crippen LogP contribution in [0.25, 0.3) is 0 Å². The number of carbonyl (C=O) groups is 1. The van der Waals surface area contributed by atoms with Gasteiger partial charge in [0.2, 0.25) is 0 Å². The normalized spacial score (nSPS) is 10.2. The lowest BCUT2D eigenvalue weighted by Gasteiger charge is -1.95. The van der Waals surface area contributed by atoms with Crippen LogP contribution in [-0.2, 0) is 18.3 Å². The first-order valence-electron chi connectivity index (χ1n) is 3.49. The Balaban J connectivity index is 2.63. The smallest absolute Gasteiger partial charge is 0.303 e. The highest BCUT2D eigenvalue weighted by Crippen LogP contribution is 2.16. The number of hydrogen-bond acceptors (Lipinski definition) is 2. The van der Waals surface area contributed by atoms with Crippen molar-refractivity contribution in [2.75, 3.05) is 0 Å². The van der Waals surface area contributed by atoms with Gasteiger partial charge in [-0.2, -0.15) is 5.10 Å². The number of carboxylic acids is 1. The monoisotopic (exact) mass is 232 g/mol. The fourth-order valence-corrected chi connectivity index (χ4v) is 1.27. The highest BCUT2D eigenvalue weighted by Gasteiger charge is 2.06. The molecule has 0 aliphatic carbocycles. The van der Waals surface area contributed by atoms with Gasteiger partial charge in [0.25, 0.3) is 0 Å². The van der Waals surface area contributed by atoms with Crippen LogP contribution in [0.5, 0.6) is 0 Å². The zero-order chi connectivity index (χ0) is 9.14. The molecule has 1 N–H and O–H groups in total. The van der Waals surface area contributed by atoms with Crippen molar-refractivity contribution in [3.05, 3.63) is 16.4 Å². The molecule has 1 rings (SSSR count). The minimum Gasteiger partial charge on any atom is -0.481 e. The van der Waals surface area contributed by atoms with Crippen LogP contribution >= 0.6 is 15.9 Å². The van der Waals surface area contributed by atoms with E-state index in [4.69, 9.17) is 5.11 Å². The quantitative estimate of drug-likeness (QED) is 0.853. The van der Waals surface area contributed by atoms with E-state index in [1.807, 2.05) is 0 Å². The fourth-order valence-electron chi connectivity index (χ4n) is 0.877. The van der Waals surface area contributed by atoms with Crippen LogP contribution in [0.1, 0.15) is 12.0 Å². The zero-order valence-corrected chi connectivity index (χ0v) is 8.21. The molecule has 0 unspecified atom stereocenters. The van der Waals surface area contributed by atoms with Crippen LogP contribution in [0.3, 0.4) is 0 Å². The Kier molecular flexibility index (Phi) is 2.86. The maximum absolute atomic E-state index is 10.2. The third kappa shape index (κ3) is 2.07. The molecule has 1 heterocycles. The van der Waals surface area contributed by atoms with Crippen molar-refractivity contribution >= 4 is 21.9 Å². The summed E-state index contributed by atoms with van der Waals surface area (Å²) in [6, 6.07) is 0. The van der Waals surface area contributed by atoms with E-state index in [0.29, 0.717) is 6.42 Å². The standard InChI is InChI=1S/C7H9BrN2O2/c1-10-7(8)5(4-9-10)2-3-6(11)12/h4H,2-3H2,1H3,(H,11,12). The van der Waals surface area contributed by atoms with E-state index in [1.165, 1.54) is 0 Å². The summed E-state index contributed by atoms with van der Waals surface area (Å²) in [5.74, 6) is -0.786. The number of aromatic nitrogens is 2. The Labute approximate surface area is 78.3 Å². The van der Waals surface area contributed by atoms with Crippen LogP contribution < -0.4 is 0 Å². The van der Waals surface area contributed by atoms with E-state index in [1.54, 1.807) is 17.9 Å². The molecule has 0 atom stereocenters. The number of aliphatic carboxylic acids is 1. The van der Waals surface area contributed by atoms with Crippen molar-refractivity contribution in [2.24, 2.45) is 7.05 Å².